The monoisotopic (exact) mass is 302 g/mol. The van der Waals surface area contributed by atoms with Gasteiger partial charge in [-0.05, 0) is 0 Å². The third-order valence-electron chi connectivity index (χ3n) is 1.83. The van der Waals surface area contributed by atoms with E-state index in [1.807, 2.05) is 0 Å². The third kappa shape index (κ3) is 4.58. The maximum Gasteiger partial charge on any atom is 0.399 e. The van der Waals surface area contributed by atoms with E-state index in [2.05, 4.69) is 5.73 Å². The van der Waals surface area contributed by atoms with Crippen LogP contribution in [0.25, 0.3) is 0 Å². The van der Waals surface area contributed by atoms with Crippen LogP contribution in [0.4, 0.5) is 0 Å². The normalized spacial score (nSPS) is 24.1. The van der Waals surface area contributed by atoms with Gasteiger partial charge in [-0.25, -0.2) is 4.79 Å². The molecule has 2 heterocycles. The molecule has 10 heteroatoms. The minimum absolute atomic E-state index is 0.403. The highest BCUT2D eigenvalue weighted by Gasteiger charge is 2.30. The number of hydrogen-bond donors (Lipinski definition) is 1. The summed E-state index contributed by atoms with van der Waals surface area (Å²) >= 11 is 1.46. The van der Waals surface area contributed by atoms with Crippen molar-refractivity contribution in [1.82, 2.24) is 0 Å². The van der Waals surface area contributed by atoms with Crippen LogP contribution >= 0.6 is 27.6 Å². The first-order valence-electron chi connectivity index (χ1n) is 5.05. The molecule has 0 bridgehead atoms. The van der Waals surface area contributed by atoms with Gasteiger partial charge in [0.1, 0.15) is 0 Å². The van der Waals surface area contributed by atoms with Crippen molar-refractivity contribution in [3.05, 3.63) is 0 Å². The molecule has 1 atom stereocenters. The summed E-state index contributed by atoms with van der Waals surface area (Å²) in [6.45, 7) is 2.20. The van der Waals surface area contributed by atoms with Gasteiger partial charge in [0.2, 0.25) is 7.58 Å². The summed E-state index contributed by atoms with van der Waals surface area (Å²) < 4.78 is 25.8. The summed E-state index contributed by atoms with van der Waals surface area (Å²) in [6.07, 6.45) is 0. The van der Waals surface area contributed by atoms with Crippen molar-refractivity contribution in [2.45, 2.75) is 6.04 Å². The van der Waals surface area contributed by atoms with Crippen LogP contribution in [0.2, 0.25) is 0 Å². The van der Waals surface area contributed by atoms with Gasteiger partial charge in [0.05, 0.1) is 32.2 Å². The molecule has 0 aromatic heterocycles. The molecule has 0 radical (unpaired) electrons. The largest absolute Gasteiger partial charge is 0.399 e. The molecule has 0 saturated carbocycles. The van der Waals surface area contributed by atoms with Crippen LogP contribution in [0.5, 0.6) is 0 Å². The van der Waals surface area contributed by atoms with E-state index in [9.17, 15) is 4.79 Å². The summed E-state index contributed by atoms with van der Waals surface area (Å²) in [7, 11) is -2.40. The maximum absolute atomic E-state index is 11.6. The molecule has 0 aromatic carbocycles. The van der Waals surface area contributed by atoms with Crippen molar-refractivity contribution < 1.29 is 33.1 Å². The van der Waals surface area contributed by atoms with Gasteiger partial charge in [0, 0.05) is 0 Å². The van der Waals surface area contributed by atoms with E-state index >= 15 is 0 Å². The van der Waals surface area contributed by atoms with Crippen LogP contribution < -0.4 is 5.73 Å². The number of carbonyl (C=O) groups excluding carboxylic acids is 1. The minimum Gasteiger partial charge on any atom is -0.390 e. The minimum atomic E-state index is -1.49. The van der Waals surface area contributed by atoms with E-state index in [0.29, 0.717) is 32.2 Å². The van der Waals surface area contributed by atoms with Gasteiger partial charge in [-0.3, -0.25) is 9.05 Å². The number of carbonyl (C=O) groups is 1. The summed E-state index contributed by atoms with van der Waals surface area (Å²) in [5, 5.41) is 0. The zero-order chi connectivity index (χ0) is 12.1. The number of rotatable bonds is 5. The summed E-state index contributed by atoms with van der Waals surface area (Å²) in [6, 6.07) is -0.467. The van der Waals surface area contributed by atoms with Crippen molar-refractivity contribution in [3.63, 3.8) is 0 Å². The topological polar surface area (TPSA) is 90.9 Å². The number of quaternary nitrogens is 1. The highest BCUT2D eigenvalue weighted by molar-refractivity contribution is 8.52. The third-order valence-corrected chi connectivity index (χ3v) is 6.21. The van der Waals surface area contributed by atoms with Crippen LogP contribution in [-0.4, -0.2) is 44.2 Å². The molecule has 0 amide bonds. The fourth-order valence-electron chi connectivity index (χ4n) is 1.02. The summed E-state index contributed by atoms with van der Waals surface area (Å²) in [5.74, 6) is 0.105. The Kier molecular flexibility index (Phi) is 5.86. The van der Waals surface area contributed by atoms with Gasteiger partial charge in [-0.2, -0.15) is 0 Å². The molecule has 7 nitrogen and oxygen atoms in total. The smallest absolute Gasteiger partial charge is 0.390 e. The Morgan fingerprint density at radius 3 is 2.47 bits per heavy atom. The second kappa shape index (κ2) is 7.16. The van der Waals surface area contributed by atoms with E-state index in [-0.39, 0.29) is 0 Å². The molecule has 2 aliphatic heterocycles. The lowest BCUT2D eigenvalue weighted by Gasteiger charge is -2.11. The van der Waals surface area contributed by atoms with E-state index in [0.717, 1.165) is 0 Å². The SMILES string of the molecule is [NH3+][C@H](CSP1OCCO1)C(=O)OP1OCCO1. The van der Waals surface area contributed by atoms with Crippen LogP contribution in [0, 0.1) is 0 Å². The van der Waals surface area contributed by atoms with E-state index in [4.69, 9.17) is 22.6 Å². The molecule has 0 aromatic rings. The lowest BCUT2D eigenvalue weighted by molar-refractivity contribution is -0.399. The van der Waals surface area contributed by atoms with Crippen LogP contribution in [0.3, 0.4) is 0 Å². The molecular formula is C7H14NO6P2S+. The quantitative estimate of drug-likeness (QED) is 0.736. The predicted octanol–water partition coefficient (Wildman–Crippen LogP) is 0.421. The zero-order valence-corrected chi connectivity index (χ0v) is 11.7. The maximum atomic E-state index is 11.6. The molecule has 3 N–H and O–H groups in total. The first-order valence-corrected chi connectivity index (χ1v) is 8.92. The number of hydrogen-bond acceptors (Lipinski definition) is 7. The fourth-order valence-corrected chi connectivity index (χ4v) is 4.85. The average Bonchev–Trinajstić information content (AvgIpc) is 2.98. The van der Waals surface area contributed by atoms with Crippen molar-refractivity contribution >= 4 is 33.5 Å². The van der Waals surface area contributed by atoms with Gasteiger partial charge in [0.25, 0.3) is 0 Å². The average molecular weight is 302 g/mol. The van der Waals surface area contributed by atoms with E-state index < -0.39 is 28.2 Å². The molecule has 0 aliphatic carbocycles. The highest BCUT2D eigenvalue weighted by atomic mass is 32.7. The zero-order valence-electron chi connectivity index (χ0n) is 9.07. The van der Waals surface area contributed by atoms with Crippen molar-refractivity contribution in [1.29, 1.82) is 0 Å². The second-order valence-electron chi connectivity index (χ2n) is 3.18. The van der Waals surface area contributed by atoms with Gasteiger partial charge < -0.3 is 19.3 Å². The Morgan fingerprint density at radius 1 is 1.24 bits per heavy atom. The Labute approximate surface area is 105 Å². The lowest BCUT2D eigenvalue weighted by Crippen LogP contribution is -2.66. The summed E-state index contributed by atoms with van der Waals surface area (Å²) in [4.78, 5) is 11.6. The van der Waals surface area contributed by atoms with Crippen molar-refractivity contribution in [3.8, 4) is 0 Å². The molecule has 2 fully saturated rings. The molecule has 2 rings (SSSR count). The molecule has 0 spiro atoms. The van der Waals surface area contributed by atoms with E-state index in [1.165, 1.54) is 11.4 Å². The predicted molar refractivity (Wildman–Crippen MR) is 62.9 cm³/mol. The molecule has 0 unspecified atom stereocenters. The van der Waals surface area contributed by atoms with Gasteiger partial charge in [-0.1, -0.05) is 11.4 Å². The highest BCUT2D eigenvalue weighted by Crippen LogP contribution is 2.54. The molecule has 17 heavy (non-hydrogen) atoms. The van der Waals surface area contributed by atoms with Crippen molar-refractivity contribution in [2.24, 2.45) is 0 Å². The van der Waals surface area contributed by atoms with Gasteiger partial charge in [-0.15, -0.1) is 0 Å². The first kappa shape index (κ1) is 13.9. The molecular weight excluding hydrogens is 288 g/mol. The standard InChI is InChI=1S/C7H13NO6P2S/c8-6(5-17-16-12-3-4-13-16)7(9)14-15-10-1-2-11-15/h6H,1-5,8H2/p+1/t6-/m1/s1. The Bertz CT molecular complexity index is 261. The molecule has 98 valence electrons. The van der Waals surface area contributed by atoms with Crippen LogP contribution in [0.15, 0.2) is 0 Å². The van der Waals surface area contributed by atoms with Gasteiger partial charge in [0.15, 0.2) is 6.04 Å². The Hall–Kier alpha value is 0.480. The second-order valence-corrected chi connectivity index (χ2v) is 7.55. The van der Waals surface area contributed by atoms with Crippen LogP contribution in [0.1, 0.15) is 0 Å². The van der Waals surface area contributed by atoms with Crippen molar-refractivity contribution in [2.75, 3.05) is 32.2 Å². The molecule has 2 aliphatic rings. The fraction of sp³-hybridized carbons (Fsp3) is 0.857. The van der Waals surface area contributed by atoms with E-state index in [1.54, 1.807) is 0 Å². The van der Waals surface area contributed by atoms with Crippen LogP contribution in [-0.2, 0) is 27.4 Å². The Balaban J connectivity index is 1.63. The Morgan fingerprint density at radius 2 is 1.82 bits per heavy atom. The summed E-state index contributed by atoms with van der Waals surface area (Å²) in [5.41, 5.74) is 3.74. The first-order chi connectivity index (χ1) is 8.25. The van der Waals surface area contributed by atoms with Gasteiger partial charge >= 0.3 is 14.6 Å². The lowest BCUT2D eigenvalue weighted by atomic mass is 10.4. The molecule has 2 saturated heterocycles.